The molecule has 0 unspecified atom stereocenters. The number of rotatable bonds is 4. The predicted octanol–water partition coefficient (Wildman–Crippen LogP) is 2.05. The van der Waals surface area contributed by atoms with Crippen molar-refractivity contribution in [2.45, 2.75) is 24.6 Å². The number of ether oxygens (including phenoxy) is 1. The second-order valence-electron chi connectivity index (χ2n) is 6.12. The SMILES string of the molecule is Cc1cc([N+](=O)[O-])ccc1NC(=O)CN1CCS[C@@H]2COCC[C@H]21. The highest BCUT2D eigenvalue weighted by Gasteiger charge is 2.35. The normalized spacial score (nSPS) is 24.2. The average Bonchev–Trinajstić information content (AvgIpc) is 2.57. The number of nitrogens with zero attached hydrogens (tertiary/aromatic N) is 2. The number of non-ortho nitro benzene ring substituents is 1. The first-order valence-electron chi connectivity index (χ1n) is 8.03. The highest BCUT2D eigenvalue weighted by molar-refractivity contribution is 8.00. The molecule has 0 radical (unpaired) electrons. The maximum atomic E-state index is 12.4. The number of nitro groups is 1. The number of carbonyl (C=O) groups excluding carboxylic acids is 1. The van der Waals surface area contributed by atoms with E-state index in [9.17, 15) is 14.9 Å². The number of carbonyl (C=O) groups is 1. The van der Waals surface area contributed by atoms with Crippen molar-refractivity contribution in [1.82, 2.24) is 4.90 Å². The Balaban J connectivity index is 1.62. The summed E-state index contributed by atoms with van der Waals surface area (Å²) in [6, 6.07) is 4.87. The standard InChI is InChI=1S/C16H21N3O4S/c1-11-8-12(19(21)22)2-3-13(11)17-16(20)9-18-5-7-24-15-10-23-6-4-14(15)18/h2-3,8,14-15H,4-7,9-10H2,1H3,(H,17,20)/t14-,15-/m1/s1. The molecule has 7 nitrogen and oxygen atoms in total. The van der Waals surface area contributed by atoms with E-state index >= 15 is 0 Å². The number of benzene rings is 1. The topological polar surface area (TPSA) is 84.7 Å². The third-order valence-electron chi connectivity index (χ3n) is 4.49. The highest BCUT2D eigenvalue weighted by Crippen LogP contribution is 2.30. The van der Waals surface area contributed by atoms with Crippen LogP contribution in [-0.2, 0) is 9.53 Å². The van der Waals surface area contributed by atoms with Gasteiger partial charge in [-0.3, -0.25) is 19.8 Å². The van der Waals surface area contributed by atoms with Gasteiger partial charge in [-0.1, -0.05) is 0 Å². The molecule has 2 saturated heterocycles. The van der Waals surface area contributed by atoms with Crippen LogP contribution in [0.2, 0.25) is 0 Å². The van der Waals surface area contributed by atoms with E-state index < -0.39 is 4.92 Å². The molecule has 1 aromatic rings. The predicted molar refractivity (Wildman–Crippen MR) is 93.5 cm³/mol. The summed E-state index contributed by atoms with van der Waals surface area (Å²) >= 11 is 1.93. The molecule has 8 heteroatoms. The van der Waals surface area contributed by atoms with E-state index in [1.54, 1.807) is 13.0 Å². The lowest BCUT2D eigenvalue weighted by atomic mass is 10.1. The van der Waals surface area contributed by atoms with E-state index in [1.165, 1.54) is 12.1 Å². The molecule has 2 heterocycles. The maximum Gasteiger partial charge on any atom is 0.269 e. The third-order valence-corrected chi connectivity index (χ3v) is 5.79. The quantitative estimate of drug-likeness (QED) is 0.660. The van der Waals surface area contributed by atoms with Gasteiger partial charge in [-0.25, -0.2) is 0 Å². The van der Waals surface area contributed by atoms with Gasteiger partial charge in [0.15, 0.2) is 0 Å². The Labute approximate surface area is 144 Å². The number of aryl methyl sites for hydroxylation is 1. The van der Waals surface area contributed by atoms with Gasteiger partial charge in [0.1, 0.15) is 0 Å². The van der Waals surface area contributed by atoms with Crippen molar-refractivity contribution in [3.63, 3.8) is 0 Å². The summed E-state index contributed by atoms with van der Waals surface area (Å²) < 4.78 is 5.53. The minimum Gasteiger partial charge on any atom is -0.380 e. The van der Waals surface area contributed by atoms with Crippen LogP contribution in [0.4, 0.5) is 11.4 Å². The van der Waals surface area contributed by atoms with E-state index in [4.69, 9.17) is 4.74 Å². The van der Waals surface area contributed by atoms with Crippen molar-refractivity contribution in [2.24, 2.45) is 0 Å². The largest absolute Gasteiger partial charge is 0.380 e. The molecule has 0 aromatic heterocycles. The molecule has 24 heavy (non-hydrogen) atoms. The van der Waals surface area contributed by atoms with Gasteiger partial charge in [0.25, 0.3) is 5.69 Å². The van der Waals surface area contributed by atoms with Crippen LogP contribution < -0.4 is 5.32 Å². The monoisotopic (exact) mass is 351 g/mol. The molecule has 0 bridgehead atoms. The number of hydrogen-bond donors (Lipinski definition) is 1. The Bertz CT molecular complexity index is 638. The molecule has 2 atom stereocenters. The van der Waals surface area contributed by atoms with Gasteiger partial charge >= 0.3 is 0 Å². The van der Waals surface area contributed by atoms with Gasteiger partial charge in [0.2, 0.25) is 5.91 Å². The molecule has 1 N–H and O–H groups in total. The van der Waals surface area contributed by atoms with Crippen LogP contribution >= 0.6 is 11.8 Å². The summed E-state index contributed by atoms with van der Waals surface area (Å²) in [5, 5.41) is 14.1. The third kappa shape index (κ3) is 3.88. The van der Waals surface area contributed by atoms with E-state index in [0.29, 0.717) is 29.1 Å². The second-order valence-corrected chi connectivity index (χ2v) is 7.46. The van der Waals surface area contributed by atoms with Crippen LogP contribution in [-0.4, -0.2) is 59.1 Å². The molecule has 0 spiro atoms. The summed E-state index contributed by atoms with van der Waals surface area (Å²) in [6.07, 6.45) is 0.960. The lowest BCUT2D eigenvalue weighted by molar-refractivity contribution is -0.384. The first-order chi connectivity index (χ1) is 11.5. The Morgan fingerprint density at radius 1 is 1.54 bits per heavy atom. The first-order valence-corrected chi connectivity index (χ1v) is 9.08. The van der Waals surface area contributed by atoms with Gasteiger partial charge in [0, 0.05) is 48.0 Å². The van der Waals surface area contributed by atoms with Gasteiger partial charge in [-0.15, -0.1) is 0 Å². The summed E-state index contributed by atoms with van der Waals surface area (Å²) in [5.74, 6) is 0.929. The van der Waals surface area contributed by atoms with Crippen LogP contribution in [0, 0.1) is 17.0 Å². The fourth-order valence-electron chi connectivity index (χ4n) is 3.24. The van der Waals surface area contributed by atoms with Crippen LogP contribution in [0.15, 0.2) is 18.2 Å². The van der Waals surface area contributed by atoms with Crippen molar-refractivity contribution in [1.29, 1.82) is 0 Å². The lowest BCUT2D eigenvalue weighted by Crippen LogP contribution is -2.53. The second kappa shape index (κ2) is 7.50. The number of nitrogens with one attached hydrogen (secondary N) is 1. The zero-order valence-corrected chi connectivity index (χ0v) is 14.4. The van der Waals surface area contributed by atoms with E-state index in [2.05, 4.69) is 10.2 Å². The summed E-state index contributed by atoms with van der Waals surface area (Å²) in [4.78, 5) is 25.0. The zero-order chi connectivity index (χ0) is 17.1. The highest BCUT2D eigenvalue weighted by atomic mass is 32.2. The van der Waals surface area contributed by atoms with Crippen molar-refractivity contribution >= 4 is 29.0 Å². The fraction of sp³-hybridized carbons (Fsp3) is 0.562. The zero-order valence-electron chi connectivity index (χ0n) is 13.6. The molecule has 1 amide bonds. The summed E-state index contributed by atoms with van der Waals surface area (Å²) in [7, 11) is 0. The van der Waals surface area contributed by atoms with E-state index in [0.717, 1.165) is 31.9 Å². The fourth-order valence-corrected chi connectivity index (χ4v) is 4.60. The minimum absolute atomic E-state index is 0.0311. The van der Waals surface area contributed by atoms with Crippen molar-refractivity contribution in [3.8, 4) is 0 Å². The lowest BCUT2D eigenvalue weighted by Gasteiger charge is -2.43. The molecule has 3 rings (SSSR count). The number of thioether (sulfide) groups is 1. The minimum atomic E-state index is -0.435. The van der Waals surface area contributed by atoms with Crippen LogP contribution in [0.25, 0.3) is 0 Å². The number of hydrogen-bond acceptors (Lipinski definition) is 6. The maximum absolute atomic E-state index is 12.4. The molecule has 2 aliphatic rings. The smallest absolute Gasteiger partial charge is 0.269 e. The van der Waals surface area contributed by atoms with Crippen LogP contribution in [0.5, 0.6) is 0 Å². The molecule has 2 fully saturated rings. The number of fused-ring (bicyclic) bond motifs is 1. The van der Waals surface area contributed by atoms with Crippen molar-refractivity contribution < 1.29 is 14.5 Å². The van der Waals surface area contributed by atoms with Gasteiger partial charge in [-0.2, -0.15) is 11.8 Å². The number of anilines is 1. The molecular formula is C16H21N3O4S. The van der Waals surface area contributed by atoms with Crippen molar-refractivity contribution in [2.75, 3.05) is 37.4 Å². The van der Waals surface area contributed by atoms with Gasteiger partial charge in [0.05, 0.1) is 18.1 Å². The molecule has 1 aromatic carbocycles. The van der Waals surface area contributed by atoms with E-state index in [1.807, 2.05) is 11.8 Å². The van der Waals surface area contributed by atoms with Gasteiger partial charge in [-0.05, 0) is 25.0 Å². The Morgan fingerprint density at radius 2 is 2.38 bits per heavy atom. The van der Waals surface area contributed by atoms with Gasteiger partial charge < -0.3 is 10.1 Å². The van der Waals surface area contributed by atoms with Crippen LogP contribution in [0.3, 0.4) is 0 Å². The average molecular weight is 351 g/mol. The molecule has 2 aliphatic heterocycles. The summed E-state index contributed by atoms with van der Waals surface area (Å²) in [6.45, 7) is 4.52. The van der Waals surface area contributed by atoms with E-state index in [-0.39, 0.29) is 11.6 Å². The summed E-state index contributed by atoms with van der Waals surface area (Å²) in [5.41, 5.74) is 1.35. The Kier molecular flexibility index (Phi) is 5.37. The van der Waals surface area contributed by atoms with Crippen molar-refractivity contribution in [3.05, 3.63) is 33.9 Å². The Morgan fingerprint density at radius 3 is 3.12 bits per heavy atom. The number of nitro benzene ring substituents is 1. The Hall–Kier alpha value is -1.64. The molecule has 0 aliphatic carbocycles. The first kappa shape index (κ1) is 17.2. The molecular weight excluding hydrogens is 330 g/mol. The molecule has 130 valence electrons. The molecule has 0 saturated carbocycles. The number of amides is 1. The van der Waals surface area contributed by atoms with Crippen LogP contribution in [0.1, 0.15) is 12.0 Å².